The first-order valence-corrected chi connectivity index (χ1v) is 10.7. The van der Waals surface area contributed by atoms with Gasteiger partial charge in [0, 0.05) is 51.1 Å². The molecule has 4 rings (SSSR count). The number of halogens is 2. The third-order valence-corrected chi connectivity index (χ3v) is 6.26. The molecule has 3 fully saturated rings. The summed E-state index contributed by atoms with van der Waals surface area (Å²) in [7, 11) is 0. The number of carbonyl (C=O) groups excluding carboxylic acids is 3. The average Bonchev–Trinajstić information content (AvgIpc) is 3.46. The van der Waals surface area contributed by atoms with Gasteiger partial charge < -0.3 is 15.5 Å². The van der Waals surface area contributed by atoms with Crippen LogP contribution in [0.5, 0.6) is 0 Å². The molecule has 2 N–H and O–H groups in total. The van der Waals surface area contributed by atoms with E-state index in [-0.39, 0.29) is 40.7 Å². The van der Waals surface area contributed by atoms with Crippen LogP contribution in [-0.4, -0.2) is 65.3 Å². The summed E-state index contributed by atoms with van der Waals surface area (Å²) in [6, 6.07) is 3.80. The number of hydrogen-bond donors (Lipinski definition) is 2. The van der Waals surface area contributed by atoms with Crippen molar-refractivity contribution in [2.45, 2.75) is 50.9 Å². The van der Waals surface area contributed by atoms with Crippen LogP contribution in [0, 0.1) is 11.7 Å². The highest BCUT2D eigenvalue weighted by molar-refractivity contribution is 6.30. The molecule has 2 heterocycles. The molecule has 0 radical (unpaired) electrons. The Morgan fingerprint density at radius 2 is 1.97 bits per heavy atom. The average molecular weight is 437 g/mol. The van der Waals surface area contributed by atoms with Crippen molar-refractivity contribution >= 4 is 29.3 Å². The molecule has 0 bridgehead atoms. The molecule has 162 valence electrons. The largest absolute Gasteiger partial charge is 0.352 e. The SMILES string of the molecule is CC(=O)N[C@H]1C[C@H]2CN(Cc3ccc(F)c(Cl)c3)C[C@H](NC(=O)C3CC3)C(=O)N2C1. The summed E-state index contributed by atoms with van der Waals surface area (Å²) in [5.74, 6) is -0.773. The van der Waals surface area contributed by atoms with Gasteiger partial charge in [-0.1, -0.05) is 17.7 Å². The molecule has 2 aliphatic heterocycles. The molecule has 1 saturated carbocycles. The first kappa shape index (κ1) is 21.1. The first-order chi connectivity index (χ1) is 14.3. The molecule has 3 amide bonds. The monoisotopic (exact) mass is 436 g/mol. The molecule has 1 aromatic carbocycles. The number of rotatable bonds is 5. The second-order valence-electron chi connectivity index (χ2n) is 8.56. The molecule has 3 aliphatic rings. The number of fused-ring (bicyclic) bond motifs is 1. The first-order valence-electron chi connectivity index (χ1n) is 10.3. The minimum absolute atomic E-state index is 0.00640. The molecule has 7 nitrogen and oxygen atoms in total. The number of nitrogens with zero attached hydrogens (tertiary/aromatic N) is 2. The number of benzene rings is 1. The fourth-order valence-corrected chi connectivity index (χ4v) is 4.63. The number of carbonyl (C=O) groups is 3. The van der Waals surface area contributed by atoms with Gasteiger partial charge in [-0.3, -0.25) is 19.3 Å². The van der Waals surface area contributed by atoms with Gasteiger partial charge in [0.1, 0.15) is 11.9 Å². The Labute approximate surface area is 179 Å². The normalized spacial score (nSPS) is 26.8. The van der Waals surface area contributed by atoms with E-state index >= 15 is 0 Å². The second kappa shape index (κ2) is 8.51. The van der Waals surface area contributed by atoms with Crippen molar-refractivity contribution in [1.29, 1.82) is 0 Å². The maximum atomic E-state index is 13.5. The second-order valence-corrected chi connectivity index (χ2v) is 8.96. The summed E-state index contributed by atoms with van der Waals surface area (Å²) in [6.07, 6.45) is 2.39. The van der Waals surface area contributed by atoms with Crippen molar-refractivity contribution in [2.75, 3.05) is 19.6 Å². The van der Waals surface area contributed by atoms with Crippen LogP contribution in [0.3, 0.4) is 0 Å². The molecule has 9 heteroatoms. The minimum Gasteiger partial charge on any atom is -0.352 e. The van der Waals surface area contributed by atoms with Crippen LogP contribution in [0.25, 0.3) is 0 Å². The summed E-state index contributed by atoms with van der Waals surface area (Å²) in [6.45, 7) is 3.37. The lowest BCUT2D eigenvalue weighted by Crippen LogP contribution is -2.52. The minimum atomic E-state index is -0.643. The topological polar surface area (TPSA) is 81.8 Å². The molecular weight excluding hydrogens is 411 g/mol. The lowest BCUT2D eigenvalue weighted by molar-refractivity contribution is -0.136. The van der Waals surface area contributed by atoms with E-state index in [2.05, 4.69) is 15.5 Å². The Balaban J connectivity index is 1.53. The molecule has 1 aromatic rings. The lowest BCUT2D eigenvalue weighted by Gasteiger charge is -2.25. The van der Waals surface area contributed by atoms with E-state index in [0.29, 0.717) is 32.6 Å². The maximum absolute atomic E-state index is 13.5. The van der Waals surface area contributed by atoms with Gasteiger partial charge >= 0.3 is 0 Å². The van der Waals surface area contributed by atoms with Crippen molar-refractivity contribution in [2.24, 2.45) is 5.92 Å². The zero-order chi connectivity index (χ0) is 21.4. The van der Waals surface area contributed by atoms with E-state index in [0.717, 1.165) is 18.4 Å². The van der Waals surface area contributed by atoms with Crippen molar-refractivity contribution in [3.05, 3.63) is 34.6 Å². The van der Waals surface area contributed by atoms with Gasteiger partial charge in [-0.25, -0.2) is 4.39 Å². The molecule has 1 aliphatic carbocycles. The van der Waals surface area contributed by atoms with Crippen molar-refractivity contribution < 1.29 is 18.8 Å². The Morgan fingerprint density at radius 3 is 2.63 bits per heavy atom. The highest BCUT2D eigenvalue weighted by atomic mass is 35.5. The van der Waals surface area contributed by atoms with Gasteiger partial charge in [0.05, 0.1) is 5.02 Å². The predicted octanol–water partition coefficient (Wildman–Crippen LogP) is 1.30. The quantitative estimate of drug-likeness (QED) is 0.729. The standard InChI is InChI=1S/C21H26ClFN4O3/c1-12(28)24-15-7-16-10-26(8-13-2-5-18(23)17(22)6-13)11-19(21(30)27(16)9-15)25-20(29)14-3-4-14/h2,5-6,14-16,19H,3-4,7-11H2,1H3,(H,24,28)(H,25,29)/t15-,16-,19-/m0/s1. The molecular formula is C21H26ClFN4O3. The highest BCUT2D eigenvalue weighted by Gasteiger charge is 2.43. The van der Waals surface area contributed by atoms with Crippen LogP contribution in [0.15, 0.2) is 18.2 Å². The summed E-state index contributed by atoms with van der Waals surface area (Å²) >= 11 is 5.93. The summed E-state index contributed by atoms with van der Waals surface area (Å²) in [4.78, 5) is 41.0. The Morgan fingerprint density at radius 1 is 1.20 bits per heavy atom. The molecule has 30 heavy (non-hydrogen) atoms. The maximum Gasteiger partial charge on any atom is 0.246 e. The molecule has 0 aromatic heterocycles. The van der Waals surface area contributed by atoms with Crippen LogP contribution in [-0.2, 0) is 20.9 Å². The molecule has 3 atom stereocenters. The smallest absolute Gasteiger partial charge is 0.246 e. The zero-order valence-corrected chi connectivity index (χ0v) is 17.6. The van der Waals surface area contributed by atoms with Gasteiger partial charge in [0.15, 0.2) is 0 Å². The summed E-state index contributed by atoms with van der Waals surface area (Å²) < 4.78 is 13.5. The van der Waals surface area contributed by atoms with Gasteiger partial charge in [-0.2, -0.15) is 0 Å². The third-order valence-electron chi connectivity index (χ3n) is 5.97. The van der Waals surface area contributed by atoms with E-state index in [1.165, 1.54) is 13.0 Å². The van der Waals surface area contributed by atoms with Crippen molar-refractivity contribution in [3.63, 3.8) is 0 Å². The number of nitrogens with one attached hydrogen (secondary N) is 2. The van der Waals surface area contributed by atoms with Gasteiger partial charge in [-0.15, -0.1) is 0 Å². The van der Waals surface area contributed by atoms with Crippen LogP contribution in [0.4, 0.5) is 4.39 Å². The summed E-state index contributed by atoms with van der Waals surface area (Å²) in [5.41, 5.74) is 0.839. The molecule has 2 saturated heterocycles. The Bertz CT molecular complexity index is 863. The zero-order valence-electron chi connectivity index (χ0n) is 16.9. The van der Waals surface area contributed by atoms with E-state index in [1.807, 2.05) is 0 Å². The number of amides is 3. The fraction of sp³-hybridized carbons (Fsp3) is 0.571. The Kier molecular flexibility index (Phi) is 5.97. The van der Waals surface area contributed by atoms with Crippen molar-refractivity contribution in [3.8, 4) is 0 Å². The van der Waals surface area contributed by atoms with E-state index < -0.39 is 11.9 Å². The Hall–Kier alpha value is -2.19. The van der Waals surface area contributed by atoms with Crippen LogP contribution in [0.2, 0.25) is 5.02 Å². The van der Waals surface area contributed by atoms with Crippen molar-refractivity contribution in [1.82, 2.24) is 20.4 Å². The van der Waals surface area contributed by atoms with E-state index in [4.69, 9.17) is 11.6 Å². The lowest BCUT2D eigenvalue weighted by atomic mass is 10.1. The highest BCUT2D eigenvalue weighted by Crippen LogP contribution is 2.30. The van der Waals surface area contributed by atoms with Gasteiger partial charge in [0.25, 0.3) is 0 Å². The van der Waals surface area contributed by atoms with Crippen LogP contribution >= 0.6 is 11.6 Å². The van der Waals surface area contributed by atoms with Gasteiger partial charge in [0.2, 0.25) is 17.7 Å². The molecule has 0 unspecified atom stereocenters. The predicted molar refractivity (Wildman–Crippen MR) is 109 cm³/mol. The number of hydrogen-bond acceptors (Lipinski definition) is 4. The van der Waals surface area contributed by atoms with Crippen LogP contribution < -0.4 is 10.6 Å². The van der Waals surface area contributed by atoms with Crippen LogP contribution in [0.1, 0.15) is 31.7 Å². The summed E-state index contributed by atoms with van der Waals surface area (Å²) in [5, 5.41) is 5.89. The van der Waals surface area contributed by atoms with E-state index in [9.17, 15) is 18.8 Å². The molecule has 0 spiro atoms. The fourth-order valence-electron chi connectivity index (χ4n) is 4.43. The third kappa shape index (κ3) is 4.75. The van der Waals surface area contributed by atoms with Gasteiger partial charge in [-0.05, 0) is 37.0 Å². The van der Waals surface area contributed by atoms with E-state index in [1.54, 1.807) is 17.0 Å².